The minimum absolute atomic E-state index is 0.190. The van der Waals surface area contributed by atoms with Crippen molar-refractivity contribution in [1.29, 1.82) is 0 Å². The quantitative estimate of drug-likeness (QED) is 0.615. The van der Waals surface area contributed by atoms with E-state index in [0.717, 1.165) is 11.4 Å². The Hall–Kier alpha value is -1.99. The van der Waals surface area contributed by atoms with Crippen LogP contribution in [0.3, 0.4) is 0 Å². The van der Waals surface area contributed by atoms with Crippen LogP contribution in [0, 0.1) is 5.82 Å². The summed E-state index contributed by atoms with van der Waals surface area (Å²) in [4.78, 5) is 4.14. The van der Waals surface area contributed by atoms with Crippen LogP contribution < -0.4 is 16.0 Å². The molecule has 0 aliphatic heterocycles. The van der Waals surface area contributed by atoms with Gasteiger partial charge in [-0.05, 0) is 17.7 Å². The SMILES string of the molecule is COc1cc(C(Cc2ncnn2C)NN)ccc1F. The molecular formula is C12H16FN5O. The van der Waals surface area contributed by atoms with E-state index in [1.165, 1.54) is 19.5 Å². The Labute approximate surface area is 110 Å². The fourth-order valence-corrected chi connectivity index (χ4v) is 1.85. The lowest BCUT2D eigenvalue weighted by atomic mass is 10.0. The number of aryl methyl sites for hydroxylation is 1. The van der Waals surface area contributed by atoms with E-state index < -0.39 is 5.82 Å². The van der Waals surface area contributed by atoms with E-state index in [2.05, 4.69) is 15.5 Å². The van der Waals surface area contributed by atoms with Gasteiger partial charge < -0.3 is 4.74 Å². The van der Waals surface area contributed by atoms with Crippen LogP contribution in [0.1, 0.15) is 17.4 Å². The topological polar surface area (TPSA) is 78.0 Å². The largest absolute Gasteiger partial charge is 0.494 e. The first-order valence-electron chi connectivity index (χ1n) is 5.78. The number of methoxy groups -OCH3 is 1. The van der Waals surface area contributed by atoms with Crippen LogP contribution >= 0.6 is 0 Å². The molecule has 1 atom stereocenters. The number of hydrogen-bond acceptors (Lipinski definition) is 5. The van der Waals surface area contributed by atoms with Crippen molar-refractivity contribution in [3.8, 4) is 5.75 Å². The Morgan fingerprint density at radius 2 is 2.32 bits per heavy atom. The first-order valence-corrected chi connectivity index (χ1v) is 5.78. The average molecular weight is 265 g/mol. The molecule has 0 amide bonds. The maximum atomic E-state index is 13.4. The minimum Gasteiger partial charge on any atom is -0.494 e. The third-order valence-electron chi connectivity index (χ3n) is 2.97. The molecule has 0 spiro atoms. The second-order valence-electron chi connectivity index (χ2n) is 4.12. The molecule has 6 nitrogen and oxygen atoms in total. The van der Waals surface area contributed by atoms with Crippen molar-refractivity contribution in [2.75, 3.05) is 7.11 Å². The van der Waals surface area contributed by atoms with Gasteiger partial charge >= 0.3 is 0 Å². The van der Waals surface area contributed by atoms with Crippen LogP contribution in [-0.2, 0) is 13.5 Å². The summed E-state index contributed by atoms with van der Waals surface area (Å²) in [6.07, 6.45) is 2.02. The summed E-state index contributed by atoms with van der Waals surface area (Å²) >= 11 is 0. The zero-order chi connectivity index (χ0) is 13.8. The van der Waals surface area contributed by atoms with Crippen molar-refractivity contribution in [3.63, 3.8) is 0 Å². The van der Waals surface area contributed by atoms with Gasteiger partial charge in [0.2, 0.25) is 0 Å². The molecule has 0 bridgehead atoms. The number of ether oxygens (including phenoxy) is 1. The molecule has 1 heterocycles. The third kappa shape index (κ3) is 2.88. The van der Waals surface area contributed by atoms with Gasteiger partial charge in [0.05, 0.1) is 13.2 Å². The highest BCUT2D eigenvalue weighted by atomic mass is 19.1. The fraction of sp³-hybridized carbons (Fsp3) is 0.333. The lowest BCUT2D eigenvalue weighted by molar-refractivity contribution is 0.384. The van der Waals surface area contributed by atoms with Gasteiger partial charge in [0.15, 0.2) is 11.6 Å². The maximum absolute atomic E-state index is 13.4. The van der Waals surface area contributed by atoms with Gasteiger partial charge in [-0.1, -0.05) is 6.07 Å². The van der Waals surface area contributed by atoms with E-state index in [9.17, 15) is 4.39 Å². The summed E-state index contributed by atoms with van der Waals surface area (Å²) in [7, 11) is 3.23. The highest BCUT2D eigenvalue weighted by molar-refractivity contribution is 5.32. The summed E-state index contributed by atoms with van der Waals surface area (Å²) < 4.78 is 20.0. The monoisotopic (exact) mass is 265 g/mol. The van der Waals surface area contributed by atoms with Crippen molar-refractivity contribution in [1.82, 2.24) is 20.2 Å². The predicted molar refractivity (Wildman–Crippen MR) is 67.7 cm³/mol. The Morgan fingerprint density at radius 1 is 1.53 bits per heavy atom. The van der Waals surface area contributed by atoms with E-state index >= 15 is 0 Å². The number of hydrazine groups is 1. The molecule has 1 aromatic carbocycles. The van der Waals surface area contributed by atoms with Crippen molar-refractivity contribution >= 4 is 0 Å². The first-order chi connectivity index (χ1) is 9.15. The first kappa shape index (κ1) is 13.4. The summed E-state index contributed by atoms with van der Waals surface area (Å²) in [5.74, 6) is 6.13. The molecule has 0 aliphatic carbocycles. The van der Waals surface area contributed by atoms with Crippen LogP contribution in [-0.4, -0.2) is 21.9 Å². The van der Waals surface area contributed by atoms with E-state index in [0.29, 0.717) is 6.42 Å². The molecule has 0 fully saturated rings. The number of nitrogens with two attached hydrogens (primary N) is 1. The number of halogens is 1. The predicted octanol–water partition coefficient (Wildman–Crippen LogP) is 0.710. The molecule has 0 saturated heterocycles. The van der Waals surface area contributed by atoms with Gasteiger partial charge in [-0.2, -0.15) is 5.10 Å². The highest BCUT2D eigenvalue weighted by Crippen LogP contribution is 2.24. The maximum Gasteiger partial charge on any atom is 0.165 e. The third-order valence-corrected chi connectivity index (χ3v) is 2.97. The number of nitrogens with one attached hydrogen (secondary N) is 1. The average Bonchev–Trinajstić information content (AvgIpc) is 2.82. The molecule has 0 radical (unpaired) electrons. The second kappa shape index (κ2) is 5.77. The lowest BCUT2D eigenvalue weighted by Gasteiger charge is -2.16. The smallest absolute Gasteiger partial charge is 0.165 e. The van der Waals surface area contributed by atoms with Crippen LogP contribution in [0.4, 0.5) is 4.39 Å². The lowest BCUT2D eigenvalue weighted by Crippen LogP contribution is -2.30. The normalized spacial score (nSPS) is 12.4. The van der Waals surface area contributed by atoms with E-state index in [1.54, 1.807) is 23.9 Å². The molecular weight excluding hydrogens is 249 g/mol. The molecule has 0 saturated carbocycles. The van der Waals surface area contributed by atoms with Crippen LogP contribution in [0.5, 0.6) is 5.75 Å². The summed E-state index contributed by atoms with van der Waals surface area (Å²) in [6, 6.07) is 4.45. The van der Waals surface area contributed by atoms with Gasteiger partial charge in [-0.15, -0.1) is 0 Å². The molecule has 1 aromatic heterocycles. The summed E-state index contributed by atoms with van der Waals surface area (Å²) in [5, 5.41) is 4.00. The molecule has 102 valence electrons. The second-order valence-corrected chi connectivity index (χ2v) is 4.12. The number of rotatable bonds is 5. The molecule has 19 heavy (non-hydrogen) atoms. The number of hydrogen-bond donors (Lipinski definition) is 2. The van der Waals surface area contributed by atoms with Gasteiger partial charge in [0.25, 0.3) is 0 Å². The molecule has 2 rings (SSSR count). The van der Waals surface area contributed by atoms with Crippen molar-refractivity contribution in [2.45, 2.75) is 12.5 Å². The number of benzene rings is 1. The van der Waals surface area contributed by atoms with Crippen molar-refractivity contribution in [3.05, 3.63) is 41.7 Å². The fourth-order valence-electron chi connectivity index (χ4n) is 1.85. The number of aromatic nitrogens is 3. The van der Waals surface area contributed by atoms with Gasteiger partial charge in [0, 0.05) is 13.5 Å². The zero-order valence-electron chi connectivity index (χ0n) is 10.8. The molecule has 1 unspecified atom stereocenters. The van der Waals surface area contributed by atoms with Crippen LogP contribution in [0.2, 0.25) is 0 Å². The van der Waals surface area contributed by atoms with Gasteiger partial charge in [-0.3, -0.25) is 16.0 Å². The number of nitrogens with zero attached hydrogens (tertiary/aromatic N) is 3. The molecule has 2 aromatic rings. The van der Waals surface area contributed by atoms with Gasteiger partial charge in [0.1, 0.15) is 12.2 Å². The highest BCUT2D eigenvalue weighted by Gasteiger charge is 2.15. The van der Waals surface area contributed by atoms with Crippen molar-refractivity contribution < 1.29 is 9.13 Å². The zero-order valence-corrected chi connectivity index (χ0v) is 10.8. The van der Waals surface area contributed by atoms with Crippen LogP contribution in [0.15, 0.2) is 24.5 Å². The van der Waals surface area contributed by atoms with Crippen molar-refractivity contribution in [2.24, 2.45) is 12.9 Å². The molecule has 7 heteroatoms. The molecule has 0 aliphatic rings. The Morgan fingerprint density at radius 3 is 2.89 bits per heavy atom. The standard InChI is InChI=1S/C12H16FN5O/c1-18-12(15-7-16-18)6-10(17-14)8-3-4-9(13)11(5-8)19-2/h3-5,7,10,17H,6,14H2,1-2H3. The summed E-state index contributed by atoms with van der Waals surface area (Å²) in [5.41, 5.74) is 3.52. The Balaban J connectivity index is 2.24. The molecule has 3 N–H and O–H groups in total. The van der Waals surface area contributed by atoms with Gasteiger partial charge in [-0.25, -0.2) is 9.37 Å². The summed E-state index contributed by atoms with van der Waals surface area (Å²) in [6.45, 7) is 0. The Bertz CT molecular complexity index is 557. The van der Waals surface area contributed by atoms with E-state index in [1.807, 2.05) is 0 Å². The van der Waals surface area contributed by atoms with E-state index in [-0.39, 0.29) is 11.8 Å². The van der Waals surface area contributed by atoms with Crippen LogP contribution in [0.25, 0.3) is 0 Å². The Kier molecular flexibility index (Phi) is 4.08. The minimum atomic E-state index is -0.402. The van der Waals surface area contributed by atoms with E-state index in [4.69, 9.17) is 10.6 Å².